The zero-order valence-electron chi connectivity index (χ0n) is 10.5. The lowest BCUT2D eigenvalue weighted by atomic mass is 10.3. The van der Waals surface area contributed by atoms with Crippen molar-refractivity contribution in [3.8, 4) is 11.6 Å². The summed E-state index contributed by atoms with van der Waals surface area (Å²) in [7, 11) is 0. The topological polar surface area (TPSA) is 52.3 Å². The molecule has 0 unspecified atom stereocenters. The van der Waals surface area contributed by atoms with Crippen LogP contribution in [0.4, 0.5) is 17.6 Å². The SMILES string of the molecule is Fc1ccc(Oc2ccc3nnc(C(F)(F)F)n3n2)cc1Cl. The van der Waals surface area contributed by atoms with E-state index in [4.69, 9.17) is 16.3 Å². The quantitative estimate of drug-likeness (QED) is 0.671. The van der Waals surface area contributed by atoms with Crippen LogP contribution in [-0.4, -0.2) is 19.8 Å². The Morgan fingerprint density at radius 3 is 2.55 bits per heavy atom. The highest BCUT2D eigenvalue weighted by atomic mass is 35.5. The molecule has 0 aliphatic heterocycles. The van der Waals surface area contributed by atoms with Crippen molar-refractivity contribution in [1.29, 1.82) is 0 Å². The molecule has 22 heavy (non-hydrogen) atoms. The number of aromatic nitrogens is 4. The van der Waals surface area contributed by atoms with Crippen LogP contribution in [0.3, 0.4) is 0 Å². The van der Waals surface area contributed by atoms with Crippen molar-refractivity contribution in [3.05, 3.63) is 47.0 Å². The zero-order chi connectivity index (χ0) is 15.9. The monoisotopic (exact) mass is 332 g/mol. The van der Waals surface area contributed by atoms with E-state index in [-0.39, 0.29) is 22.3 Å². The molecule has 0 saturated carbocycles. The standard InChI is InChI=1S/C12H5ClF4N4O/c13-7-5-6(1-2-8(7)14)22-10-4-3-9-18-19-11(12(15,16)17)21(9)20-10/h1-5H. The number of hydrogen-bond acceptors (Lipinski definition) is 4. The number of halogens is 5. The first kappa shape index (κ1) is 14.5. The maximum atomic E-state index is 13.0. The third kappa shape index (κ3) is 2.67. The molecule has 0 saturated heterocycles. The van der Waals surface area contributed by atoms with Gasteiger partial charge in [0.1, 0.15) is 11.6 Å². The van der Waals surface area contributed by atoms with E-state index < -0.39 is 17.8 Å². The normalized spacial score (nSPS) is 11.9. The van der Waals surface area contributed by atoms with Crippen molar-refractivity contribution in [3.63, 3.8) is 0 Å². The minimum Gasteiger partial charge on any atom is -0.438 e. The number of rotatable bonds is 2. The minimum atomic E-state index is -4.70. The highest BCUT2D eigenvalue weighted by Gasteiger charge is 2.37. The van der Waals surface area contributed by atoms with E-state index in [0.29, 0.717) is 4.52 Å². The number of benzene rings is 1. The fourth-order valence-electron chi connectivity index (χ4n) is 1.66. The minimum absolute atomic E-state index is 0.0863. The van der Waals surface area contributed by atoms with Gasteiger partial charge in [0.2, 0.25) is 5.88 Å². The highest BCUT2D eigenvalue weighted by molar-refractivity contribution is 6.30. The number of nitrogens with zero attached hydrogens (tertiary/aromatic N) is 4. The van der Waals surface area contributed by atoms with E-state index in [1.54, 1.807) is 0 Å². The van der Waals surface area contributed by atoms with Crippen LogP contribution in [0.1, 0.15) is 5.82 Å². The van der Waals surface area contributed by atoms with E-state index in [1.165, 1.54) is 24.3 Å². The molecule has 0 fully saturated rings. The molecule has 0 aliphatic rings. The second kappa shape index (κ2) is 5.09. The first-order valence-corrected chi connectivity index (χ1v) is 6.15. The smallest absolute Gasteiger partial charge is 0.438 e. The Hall–Kier alpha value is -2.42. The van der Waals surface area contributed by atoms with E-state index in [0.717, 1.165) is 6.07 Å². The second-order valence-corrected chi connectivity index (χ2v) is 4.55. The Morgan fingerprint density at radius 2 is 1.86 bits per heavy atom. The zero-order valence-corrected chi connectivity index (χ0v) is 11.2. The van der Waals surface area contributed by atoms with Crippen LogP contribution < -0.4 is 4.74 Å². The van der Waals surface area contributed by atoms with Crippen LogP contribution in [0.2, 0.25) is 5.02 Å². The molecule has 0 N–H and O–H groups in total. The van der Waals surface area contributed by atoms with Gasteiger partial charge in [-0.1, -0.05) is 11.6 Å². The number of ether oxygens (including phenoxy) is 1. The average Bonchev–Trinajstić information content (AvgIpc) is 2.86. The molecule has 114 valence electrons. The summed E-state index contributed by atoms with van der Waals surface area (Å²) in [6.07, 6.45) is -4.70. The average molecular weight is 333 g/mol. The summed E-state index contributed by atoms with van der Waals surface area (Å²) in [4.78, 5) is 0. The molecule has 10 heteroatoms. The maximum Gasteiger partial charge on any atom is 0.453 e. The Labute approximate surface area is 125 Å². The van der Waals surface area contributed by atoms with Crippen molar-refractivity contribution in [2.75, 3.05) is 0 Å². The summed E-state index contributed by atoms with van der Waals surface area (Å²) in [5, 5.41) is 9.88. The number of alkyl halides is 3. The van der Waals surface area contributed by atoms with Crippen LogP contribution >= 0.6 is 11.6 Å². The first-order chi connectivity index (χ1) is 10.3. The molecular weight excluding hydrogens is 328 g/mol. The molecule has 3 aromatic rings. The molecule has 0 bridgehead atoms. The summed E-state index contributed by atoms with van der Waals surface area (Å²) >= 11 is 5.59. The summed E-state index contributed by atoms with van der Waals surface area (Å²) < 4.78 is 57.0. The molecule has 1 aromatic carbocycles. The van der Waals surface area contributed by atoms with Crippen molar-refractivity contribution in [1.82, 2.24) is 19.8 Å². The fraction of sp³-hybridized carbons (Fsp3) is 0.0833. The van der Waals surface area contributed by atoms with E-state index in [2.05, 4.69) is 15.3 Å². The highest BCUT2D eigenvalue weighted by Crippen LogP contribution is 2.29. The van der Waals surface area contributed by atoms with Crippen LogP contribution in [0, 0.1) is 5.82 Å². The first-order valence-electron chi connectivity index (χ1n) is 5.77. The van der Waals surface area contributed by atoms with Crippen molar-refractivity contribution in [2.24, 2.45) is 0 Å². The van der Waals surface area contributed by atoms with Gasteiger partial charge in [0.05, 0.1) is 5.02 Å². The molecule has 2 aromatic heterocycles. The van der Waals surface area contributed by atoms with E-state index in [1.807, 2.05) is 0 Å². The molecular formula is C12H5ClF4N4O. The Bertz CT molecular complexity index is 849. The molecule has 0 spiro atoms. The van der Waals surface area contributed by atoms with Gasteiger partial charge in [0.15, 0.2) is 5.65 Å². The Balaban J connectivity index is 1.99. The lowest BCUT2D eigenvalue weighted by Gasteiger charge is -2.07. The van der Waals surface area contributed by atoms with Crippen LogP contribution in [0.25, 0.3) is 5.65 Å². The Morgan fingerprint density at radius 1 is 1.09 bits per heavy atom. The largest absolute Gasteiger partial charge is 0.453 e. The predicted octanol–water partition coefficient (Wildman–Crippen LogP) is 3.73. The van der Waals surface area contributed by atoms with Crippen molar-refractivity contribution >= 4 is 17.2 Å². The molecule has 5 nitrogen and oxygen atoms in total. The summed E-state index contributed by atoms with van der Waals surface area (Å²) in [6, 6.07) is 6.08. The Kier molecular flexibility index (Phi) is 3.36. The lowest BCUT2D eigenvalue weighted by Crippen LogP contribution is -2.12. The molecule has 3 rings (SSSR count). The van der Waals surface area contributed by atoms with Crippen molar-refractivity contribution < 1.29 is 22.3 Å². The van der Waals surface area contributed by atoms with Gasteiger partial charge in [-0.2, -0.15) is 17.7 Å². The van der Waals surface area contributed by atoms with Gasteiger partial charge in [-0.05, 0) is 18.2 Å². The second-order valence-electron chi connectivity index (χ2n) is 4.14. The van der Waals surface area contributed by atoms with Gasteiger partial charge < -0.3 is 4.74 Å². The molecule has 0 aliphatic carbocycles. The molecule has 0 radical (unpaired) electrons. The van der Waals surface area contributed by atoms with Gasteiger partial charge in [-0.15, -0.1) is 15.3 Å². The van der Waals surface area contributed by atoms with E-state index >= 15 is 0 Å². The number of fused-ring (bicyclic) bond motifs is 1. The van der Waals surface area contributed by atoms with Gasteiger partial charge in [-0.25, -0.2) is 4.39 Å². The molecule has 0 amide bonds. The van der Waals surface area contributed by atoms with Gasteiger partial charge in [-0.3, -0.25) is 0 Å². The molecule has 2 heterocycles. The van der Waals surface area contributed by atoms with Crippen LogP contribution in [0.15, 0.2) is 30.3 Å². The van der Waals surface area contributed by atoms with Crippen LogP contribution in [-0.2, 0) is 6.18 Å². The predicted molar refractivity (Wildman–Crippen MR) is 67.3 cm³/mol. The van der Waals surface area contributed by atoms with Gasteiger partial charge in [0.25, 0.3) is 5.82 Å². The summed E-state index contributed by atoms with van der Waals surface area (Å²) in [5.41, 5.74) is -0.0863. The maximum absolute atomic E-state index is 13.0. The third-order valence-electron chi connectivity index (χ3n) is 2.61. The summed E-state index contributed by atoms with van der Waals surface area (Å²) in [6.45, 7) is 0. The third-order valence-corrected chi connectivity index (χ3v) is 2.90. The van der Waals surface area contributed by atoms with Gasteiger partial charge >= 0.3 is 6.18 Å². The van der Waals surface area contributed by atoms with Crippen molar-refractivity contribution in [2.45, 2.75) is 6.18 Å². The van der Waals surface area contributed by atoms with Crippen LogP contribution in [0.5, 0.6) is 11.6 Å². The lowest BCUT2D eigenvalue weighted by molar-refractivity contribution is -0.146. The van der Waals surface area contributed by atoms with Gasteiger partial charge in [0, 0.05) is 12.1 Å². The molecule has 0 atom stereocenters. The fourth-order valence-corrected chi connectivity index (χ4v) is 1.83. The van der Waals surface area contributed by atoms with E-state index in [9.17, 15) is 17.6 Å². The summed E-state index contributed by atoms with van der Waals surface area (Å²) in [5.74, 6) is -1.94. The number of hydrogen-bond donors (Lipinski definition) is 0.